The molecule has 0 aromatic heterocycles. The lowest BCUT2D eigenvalue weighted by Crippen LogP contribution is -2.48. The molecule has 0 spiro atoms. The van der Waals surface area contributed by atoms with Crippen LogP contribution in [0, 0.1) is 17.2 Å². The molecule has 2 N–H and O–H groups in total. The second kappa shape index (κ2) is 6.41. The molecule has 0 radical (unpaired) electrons. The van der Waals surface area contributed by atoms with E-state index in [-0.39, 0.29) is 17.7 Å². The Morgan fingerprint density at radius 1 is 1.09 bits per heavy atom. The minimum atomic E-state index is -0.728. The topological polar surface area (TPSA) is 82.0 Å². The third kappa shape index (κ3) is 3.70. The maximum Gasteiger partial charge on any atom is 0.252 e. The molecule has 5 heteroatoms. The summed E-state index contributed by atoms with van der Waals surface area (Å²) in [5, 5.41) is 15.2. The number of nitrogens with one attached hydrogen (secondary N) is 2. The van der Waals surface area contributed by atoms with Gasteiger partial charge in [0.05, 0.1) is 6.07 Å². The van der Waals surface area contributed by atoms with Gasteiger partial charge < -0.3 is 10.6 Å². The standard InChI is InChI=1S/C18H21N3O2/c19-12-18(10-2-1-3-11-18)21-17(23)14-6-8-15(9-7-14)20-16(22)13-4-5-13/h6-9,13H,1-5,10-11H2,(H,20,22)(H,21,23). The van der Waals surface area contributed by atoms with E-state index in [1.165, 1.54) is 0 Å². The minimum Gasteiger partial charge on any atom is -0.334 e. The molecular weight excluding hydrogens is 290 g/mol. The lowest BCUT2D eigenvalue weighted by atomic mass is 9.82. The van der Waals surface area contributed by atoms with Gasteiger partial charge in [-0.3, -0.25) is 9.59 Å². The van der Waals surface area contributed by atoms with Gasteiger partial charge in [0.1, 0.15) is 5.54 Å². The van der Waals surface area contributed by atoms with Gasteiger partial charge in [-0.05, 0) is 49.9 Å². The van der Waals surface area contributed by atoms with Crippen molar-refractivity contribution in [2.45, 2.75) is 50.5 Å². The van der Waals surface area contributed by atoms with Crippen molar-refractivity contribution in [2.24, 2.45) is 5.92 Å². The first kappa shape index (κ1) is 15.5. The highest BCUT2D eigenvalue weighted by Gasteiger charge is 2.34. The number of rotatable bonds is 4. The summed E-state index contributed by atoms with van der Waals surface area (Å²) in [4.78, 5) is 24.1. The van der Waals surface area contributed by atoms with Gasteiger partial charge in [-0.1, -0.05) is 19.3 Å². The molecule has 2 amide bonds. The Balaban J connectivity index is 1.63. The smallest absolute Gasteiger partial charge is 0.252 e. The number of anilines is 1. The molecule has 1 aromatic rings. The van der Waals surface area contributed by atoms with E-state index in [4.69, 9.17) is 0 Å². The van der Waals surface area contributed by atoms with Gasteiger partial charge in [0, 0.05) is 17.2 Å². The van der Waals surface area contributed by atoms with Gasteiger partial charge in [0.15, 0.2) is 0 Å². The predicted octanol–water partition coefficient (Wildman–Crippen LogP) is 2.99. The van der Waals surface area contributed by atoms with Gasteiger partial charge in [-0.15, -0.1) is 0 Å². The molecule has 3 rings (SSSR count). The van der Waals surface area contributed by atoms with E-state index in [0.29, 0.717) is 24.1 Å². The Kier molecular flexibility index (Phi) is 4.33. The zero-order valence-corrected chi connectivity index (χ0v) is 13.1. The summed E-state index contributed by atoms with van der Waals surface area (Å²) in [5.41, 5.74) is 0.481. The van der Waals surface area contributed by atoms with Crippen LogP contribution in [0.4, 0.5) is 5.69 Å². The first-order valence-corrected chi connectivity index (χ1v) is 8.27. The number of carbonyl (C=O) groups excluding carboxylic acids is 2. The Morgan fingerprint density at radius 3 is 2.30 bits per heavy atom. The van der Waals surface area contributed by atoms with Gasteiger partial charge in [-0.25, -0.2) is 0 Å². The van der Waals surface area contributed by atoms with Crippen LogP contribution in [0.15, 0.2) is 24.3 Å². The lowest BCUT2D eigenvalue weighted by Gasteiger charge is -2.31. The van der Waals surface area contributed by atoms with Crippen molar-refractivity contribution in [1.82, 2.24) is 5.32 Å². The summed E-state index contributed by atoms with van der Waals surface area (Å²) in [6, 6.07) is 9.12. The highest BCUT2D eigenvalue weighted by atomic mass is 16.2. The van der Waals surface area contributed by atoms with Crippen LogP contribution in [0.25, 0.3) is 0 Å². The number of carbonyl (C=O) groups is 2. The molecule has 0 heterocycles. The molecule has 120 valence electrons. The van der Waals surface area contributed by atoms with E-state index in [2.05, 4.69) is 16.7 Å². The van der Waals surface area contributed by atoms with Crippen molar-refractivity contribution in [3.63, 3.8) is 0 Å². The van der Waals surface area contributed by atoms with E-state index in [9.17, 15) is 14.9 Å². The molecule has 0 aliphatic heterocycles. The number of amides is 2. The van der Waals surface area contributed by atoms with E-state index in [1.807, 2.05) is 0 Å². The zero-order chi connectivity index (χ0) is 16.3. The maximum absolute atomic E-state index is 12.4. The van der Waals surface area contributed by atoms with Gasteiger partial charge in [0.2, 0.25) is 5.91 Å². The highest BCUT2D eigenvalue weighted by molar-refractivity contribution is 5.97. The van der Waals surface area contributed by atoms with Crippen LogP contribution in [-0.4, -0.2) is 17.4 Å². The number of nitriles is 1. The van der Waals surface area contributed by atoms with Crippen LogP contribution in [0.5, 0.6) is 0 Å². The summed E-state index contributed by atoms with van der Waals surface area (Å²) in [6.07, 6.45) is 6.41. The van der Waals surface area contributed by atoms with Crippen molar-refractivity contribution in [3.05, 3.63) is 29.8 Å². The van der Waals surface area contributed by atoms with Crippen molar-refractivity contribution in [2.75, 3.05) is 5.32 Å². The summed E-state index contributed by atoms with van der Waals surface area (Å²) in [7, 11) is 0. The van der Waals surface area contributed by atoms with Crippen LogP contribution in [0.2, 0.25) is 0 Å². The summed E-state index contributed by atoms with van der Waals surface area (Å²) in [6.45, 7) is 0. The monoisotopic (exact) mass is 311 g/mol. The SMILES string of the molecule is N#CC1(NC(=O)c2ccc(NC(=O)C3CC3)cc2)CCCCC1. The van der Waals surface area contributed by atoms with Crippen LogP contribution in [0.1, 0.15) is 55.3 Å². The Hall–Kier alpha value is -2.35. The Labute approximate surface area is 136 Å². The van der Waals surface area contributed by atoms with Crippen molar-refractivity contribution < 1.29 is 9.59 Å². The molecule has 2 fully saturated rings. The highest BCUT2D eigenvalue weighted by Crippen LogP contribution is 2.30. The van der Waals surface area contributed by atoms with Gasteiger partial charge >= 0.3 is 0 Å². The second-order valence-electron chi connectivity index (χ2n) is 6.55. The lowest BCUT2D eigenvalue weighted by molar-refractivity contribution is -0.117. The fourth-order valence-corrected chi connectivity index (χ4v) is 3.00. The van der Waals surface area contributed by atoms with E-state index in [0.717, 1.165) is 32.1 Å². The largest absolute Gasteiger partial charge is 0.334 e. The molecule has 1 aromatic carbocycles. The minimum absolute atomic E-state index is 0.0489. The summed E-state index contributed by atoms with van der Waals surface area (Å²) >= 11 is 0. The molecule has 0 atom stereocenters. The molecule has 2 saturated carbocycles. The number of nitrogens with zero attached hydrogens (tertiary/aromatic N) is 1. The van der Waals surface area contributed by atoms with Crippen molar-refractivity contribution in [1.29, 1.82) is 5.26 Å². The molecule has 0 saturated heterocycles. The predicted molar refractivity (Wildman–Crippen MR) is 86.7 cm³/mol. The second-order valence-corrected chi connectivity index (χ2v) is 6.55. The number of hydrogen-bond donors (Lipinski definition) is 2. The van der Waals surface area contributed by atoms with Gasteiger partial charge in [-0.2, -0.15) is 5.26 Å². The fourth-order valence-electron chi connectivity index (χ4n) is 3.00. The Bertz CT molecular complexity index is 635. The quantitative estimate of drug-likeness (QED) is 0.896. The van der Waals surface area contributed by atoms with Crippen LogP contribution >= 0.6 is 0 Å². The Morgan fingerprint density at radius 2 is 1.74 bits per heavy atom. The number of benzene rings is 1. The number of hydrogen-bond acceptors (Lipinski definition) is 3. The van der Waals surface area contributed by atoms with Crippen LogP contribution in [0.3, 0.4) is 0 Å². The van der Waals surface area contributed by atoms with E-state index in [1.54, 1.807) is 24.3 Å². The van der Waals surface area contributed by atoms with Gasteiger partial charge in [0.25, 0.3) is 5.91 Å². The van der Waals surface area contributed by atoms with Crippen LogP contribution < -0.4 is 10.6 Å². The maximum atomic E-state index is 12.4. The summed E-state index contributed by atoms with van der Waals surface area (Å²) < 4.78 is 0. The zero-order valence-electron chi connectivity index (χ0n) is 13.1. The first-order valence-electron chi connectivity index (χ1n) is 8.27. The molecule has 5 nitrogen and oxygen atoms in total. The average molecular weight is 311 g/mol. The average Bonchev–Trinajstić information content (AvgIpc) is 3.41. The molecule has 23 heavy (non-hydrogen) atoms. The van der Waals surface area contributed by atoms with Crippen molar-refractivity contribution >= 4 is 17.5 Å². The molecule has 2 aliphatic rings. The fraction of sp³-hybridized carbons (Fsp3) is 0.500. The molecular formula is C18H21N3O2. The summed E-state index contributed by atoms with van der Waals surface area (Å²) in [5.74, 6) is -0.0267. The van der Waals surface area contributed by atoms with E-state index >= 15 is 0 Å². The molecule has 0 bridgehead atoms. The van der Waals surface area contributed by atoms with E-state index < -0.39 is 5.54 Å². The molecule has 0 unspecified atom stereocenters. The first-order chi connectivity index (χ1) is 11.1. The van der Waals surface area contributed by atoms with Crippen LogP contribution in [-0.2, 0) is 4.79 Å². The third-order valence-corrected chi connectivity index (χ3v) is 4.64. The third-order valence-electron chi connectivity index (χ3n) is 4.64. The molecule has 2 aliphatic carbocycles. The van der Waals surface area contributed by atoms with Crippen molar-refractivity contribution in [3.8, 4) is 6.07 Å². The normalized spacial score (nSPS) is 19.4.